The normalized spacial score (nSPS) is 10.7. The summed E-state index contributed by atoms with van der Waals surface area (Å²) in [5.74, 6) is 1.39. The first kappa shape index (κ1) is 15.2. The molecule has 118 valence electrons. The Bertz CT molecular complexity index is 761. The molecule has 23 heavy (non-hydrogen) atoms. The van der Waals surface area contributed by atoms with Crippen LogP contribution in [0.2, 0.25) is 0 Å². The van der Waals surface area contributed by atoms with E-state index in [1.54, 1.807) is 0 Å². The largest absolute Gasteiger partial charge is 0.396 e. The minimum absolute atomic E-state index is 0.162. The van der Waals surface area contributed by atoms with E-state index in [9.17, 15) is 0 Å². The molecule has 3 rings (SSSR count). The smallest absolute Gasteiger partial charge is 0.225 e. The van der Waals surface area contributed by atoms with E-state index >= 15 is 0 Å². The van der Waals surface area contributed by atoms with Crippen molar-refractivity contribution in [2.75, 3.05) is 23.8 Å². The summed E-state index contributed by atoms with van der Waals surface area (Å²) in [4.78, 5) is 9.14. The zero-order valence-electron chi connectivity index (χ0n) is 12.9. The third-order valence-corrected chi connectivity index (χ3v) is 3.52. The number of hydrogen-bond acceptors (Lipinski definition) is 5. The molecule has 5 heteroatoms. The van der Waals surface area contributed by atoms with Crippen molar-refractivity contribution in [3.05, 3.63) is 60.2 Å². The second-order valence-electron chi connectivity index (χ2n) is 5.26. The van der Waals surface area contributed by atoms with Crippen LogP contribution in [0.3, 0.4) is 0 Å². The van der Waals surface area contributed by atoms with Gasteiger partial charge in [-0.1, -0.05) is 42.5 Å². The SMILES string of the molecule is OCCCNc1nc(NCc2ccccc2)nc2ccccc12. The highest BCUT2D eigenvalue weighted by Gasteiger charge is 2.07. The fourth-order valence-corrected chi connectivity index (χ4v) is 2.35. The maximum Gasteiger partial charge on any atom is 0.225 e. The van der Waals surface area contributed by atoms with E-state index in [2.05, 4.69) is 32.7 Å². The van der Waals surface area contributed by atoms with Crippen LogP contribution in [0.1, 0.15) is 12.0 Å². The zero-order valence-corrected chi connectivity index (χ0v) is 12.9. The van der Waals surface area contributed by atoms with Crippen LogP contribution in [0.25, 0.3) is 10.9 Å². The van der Waals surface area contributed by atoms with E-state index in [1.165, 1.54) is 5.56 Å². The van der Waals surface area contributed by atoms with Crippen molar-refractivity contribution in [3.8, 4) is 0 Å². The minimum atomic E-state index is 0.162. The Balaban J connectivity index is 1.82. The summed E-state index contributed by atoms with van der Waals surface area (Å²) in [5.41, 5.74) is 2.07. The molecule has 0 aliphatic heterocycles. The number of para-hydroxylation sites is 1. The molecule has 0 bridgehead atoms. The molecule has 0 fully saturated rings. The summed E-state index contributed by atoms with van der Waals surface area (Å²) in [6.45, 7) is 1.51. The first-order valence-corrected chi connectivity index (χ1v) is 7.76. The van der Waals surface area contributed by atoms with Crippen molar-refractivity contribution < 1.29 is 5.11 Å². The van der Waals surface area contributed by atoms with Gasteiger partial charge in [-0.25, -0.2) is 4.98 Å². The van der Waals surface area contributed by atoms with Crippen molar-refractivity contribution in [1.82, 2.24) is 9.97 Å². The van der Waals surface area contributed by atoms with Gasteiger partial charge in [-0.3, -0.25) is 0 Å². The first-order chi connectivity index (χ1) is 11.4. The quantitative estimate of drug-likeness (QED) is 0.585. The standard InChI is InChI=1S/C18H20N4O/c23-12-6-11-19-17-15-9-4-5-10-16(15)21-18(22-17)20-13-14-7-2-1-3-8-14/h1-5,7-10,23H,6,11-13H2,(H2,19,20,21,22). The van der Waals surface area contributed by atoms with Gasteiger partial charge in [0.05, 0.1) is 5.52 Å². The molecule has 0 aliphatic carbocycles. The van der Waals surface area contributed by atoms with Crippen LogP contribution in [0.4, 0.5) is 11.8 Å². The molecule has 0 atom stereocenters. The van der Waals surface area contributed by atoms with Gasteiger partial charge >= 0.3 is 0 Å². The fourth-order valence-electron chi connectivity index (χ4n) is 2.35. The predicted octanol–water partition coefficient (Wildman–Crippen LogP) is 3.04. The molecule has 1 heterocycles. The number of benzene rings is 2. The topological polar surface area (TPSA) is 70.1 Å². The number of nitrogens with one attached hydrogen (secondary N) is 2. The van der Waals surface area contributed by atoms with E-state index in [4.69, 9.17) is 5.11 Å². The van der Waals surface area contributed by atoms with E-state index in [-0.39, 0.29) is 6.61 Å². The van der Waals surface area contributed by atoms with E-state index in [0.29, 0.717) is 25.5 Å². The van der Waals surface area contributed by atoms with Crippen LogP contribution in [0, 0.1) is 0 Å². The lowest BCUT2D eigenvalue weighted by atomic mass is 10.2. The Labute approximate surface area is 135 Å². The summed E-state index contributed by atoms with van der Waals surface area (Å²) in [5, 5.41) is 16.5. The number of aliphatic hydroxyl groups is 1. The van der Waals surface area contributed by atoms with Crippen LogP contribution in [-0.2, 0) is 6.54 Å². The minimum Gasteiger partial charge on any atom is -0.396 e. The Morgan fingerprint density at radius 3 is 2.48 bits per heavy atom. The molecule has 0 aliphatic rings. The highest BCUT2D eigenvalue weighted by atomic mass is 16.3. The summed E-state index contributed by atoms with van der Waals surface area (Å²) >= 11 is 0. The number of anilines is 2. The van der Waals surface area contributed by atoms with E-state index in [0.717, 1.165) is 16.7 Å². The fraction of sp³-hybridized carbons (Fsp3) is 0.222. The van der Waals surface area contributed by atoms with E-state index < -0.39 is 0 Å². The molecular formula is C18H20N4O. The predicted molar refractivity (Wildman–Crippen MR) is 93.5 cm³/mol. The summed E-state index contributed by atoms with van der Waals surface area (Å²) < 4.78 is 0. The molecule has 0 radical (unpaired) electrons. The van der Waals surface area contributed by atoms with Gasteiger partial charge in [0.15, 0.2) is 0 Å². The monoisotopic (exact) mass is 308 g/mol. The number of nitrogens with zero attached hydrogens (tertiary/aromatic N) is 2. The van der Waals surface area contributed by atoms with Gasteiger partial charge in [-0.05, 0) is 24.1 Å². The lowest BCUT2D eigenvalue weighted by Crippen LogP contribution is -2.09. The molecule has 1 aromatic heterocycles. The summed E-state index contributed by atoms with van der Waals surface area (Å²) in [6.07, 6.45) is 0.686. The van der Waals surface area contributed by atoms with Gasteiger partial charge in [0.1, 0.15) is 5.82 Å². The first-order valence-electron chi connectivity index (χ1n) is 7.76. The van der Waals surface area contributed by atoms with Crippen molar-refractivity contribution in [2.45, 2.75) is 13.0 Å². The highest BCUT2D eigenvalue weighted by Crippen LogP contribution is 2.22. The van der Waals surface area contributed by atoms with Crippen molar-refractivity contribution in [2.24, 2.45) is 0 Å². The van der Waals surface area contributed by atoms with Gasteiger partial charge in [-0.15, -0.1) is 0 Å². The number of rotatable bonds is 7. The summed E-state index contributed by atoms with van der Waals surface area (Å²) in [7, 11) is 0. The lowest BCUT2D eigenvalue weighted by molar-refractivity contribution is 0.292. The molecule has 0 spiro atoms. The van der Waals surface area contributed by atoms with Gasteiger partial charge < -0.3 is 15.7 Å². The Kier molecular flexibility index (Phi) is 5.01. The van der Waals surface area contributed by atoms with Crippen LogP contribution >= 0.6 is 0 Å². The summed E-state index contributed by atoms with van der Waals surface area (Å²) in [6, 6.07) is 18.1. The Morgan fingerprint density at radius 2 is 1.65 bits per heavy atom. The second kappa shape index (κ2) is 7.56. The molecule has 3 aromatic rings. The molecule has 0 unspecified atom stereocenters. The van der Waals surface area contributed by atoms with Crippen molar-refractivity contribution in [1.29, 1.82) is 0 Å². The molecule has 0 amide bonds. The molecule has 3 N–H and O–H groups in total. The number of hydrogen-bond donors (Lipinski definition) is 3. The Hall–Kier alpha value is -2.66. The van der Waals surface area contributed by atoms with Crippen LogP contribution in [0.5, 0.6) is 0 Å². The molecule has 5 nitrogen and oxygen atoms in total. The lowest BCUT2D eigenvalue weighted by Gasteiger charge is -2.11. The molecule has 2 aromatic carbocycles. The van der Waals surface area contributed by atoms with Gasteiger partial charge in [0, 0.05) is 25.1 Å². The van der Waals surface area contributed by atoms with E-state index in [1.807, 2.05) is 42.5 Å². The Morgan fingerprint density at radius 1 is 0.870 bits per heavy atom. The van der Waals surface area contributed by atoms with Crippen molar-refractivity contribution in [3.63, 3.8) is 0 Å². The van der Waals surface area contributed by atoms with Crippen LogP contribution in [0.15, 0.2) is 54.6 Å². The van der Waals surface area contributed by atoms with Crippen LogP contribution in [-0.4, -0.2) is 28.2 Å². The van der Waals surface area contributed by atoms with Gasteiger partial charge in [0.2, 0.25) is 5.95 Å². The average molecular weight is 308 g/mol. The second-order valence-corrected chi connectivity index (χ2v) is 5.26. The number of fused-ring (bicyclic) bond motifs is 1. The zero-order chi connectivity index (χ0) is 15.9. The maximum absolute atomic E-state index is 8.94. The molecule has 0 saturated carbocycles. The average Bonchev–Trinajstić information content (AvgIpc) is 2.61. The van der Waals surface area contributed by atoms with Crippen LogP contribution < -0.4 is 10.6 Å². The molecular weight excluding hydrogens is 288 g/mol. The third-order valence-electron chi connectivity index (χ3n) is 3.52. The van der Waals surface area contributed by atoms with Gasteiger partial charge in [0.25, 0.3) is 0 Å². The van der Waals surface area contributed by atoms with Gasteiger partial charge in [-0.2, -0.15) is 4.98 Å². The highest BCUT2D eigenvalue weighted by molar-refractivity contribution is 5.89. The van der Waals surface area contributed by atoms with Crippen molar-refractivity contribution >= 4 is 22.7 Å². The maximum atomic E-state index is 8.94. The molecule has 0 saturated heterocycles. The number of aliphatic hydroxyl groups excluding tert-OH is 1. The number of aromatic nitrogens is 2. The third kappa shape index (κ3) is 3.96.